The van der Waals surface area contributed by atoms with Gasteiger partial charge in [0, 0.05) is 62.7 Å². The number of rotatable bonds is 6. The maximum Gasteiger partial charge on any atom is 0.253 e. The molecule has 0 bridgehead atoms. The summed E-state index contributed by atoms with van der Waals surface area (Å²) in [5, 5.41) is 4.66. The number of piperazine rings is 1. The zero-order valence-corrected chi connectivity index (χ0v) is 18.1. The molecule has 2 amide bonds. The van der Waals surface area contributed by atoms with E-state index in [1.165, 1.54) is 0 Å². The van der Waals surface area contributed by atoms with Gasteiger partial charge in [-0.25, -0.2) is 0 Å². The Labute approximate surface area is 185 Å². The number of aromatic nitrogens is 2. The van der Waals surface area contributed by atoms with Crippen molar-refractivity contribution in [1.29, 1.82) is 0 Å². The van der Waals surface area contributed by atoms with Crippen molar-refractivity contribution >= 4 is 23.4 Å². The first-order chi connectivity index (χ1) is 15.1. The smallest absolute Gasteiger partial charge is 0.253 e. The van der Waals surface area contributed by atoms with E-state index in [0.29, 0.717) is 81.1 Å². The quantitative estimate of drug-likeness (QED) is 0.662. The molecule has 2 saturated heterocycles. The van der Waals surface area contributed by atoms with E-state index in [2.05, 4.69) is 15.0 Å². The Morgan fingerprint density at radius 3 is 2.39 bits per heavy atom. The predicted molar refractivity (Wildman–Crippen MR) is 113 cm³/mol. The van der Waals surface area contributed by atoms with E-state index in [9.17, 15) is 9.59 Å². The highest BCUT2D eigenvalue weighted by Gasteiger charge is 2.23. The maximum atomic E-state index is 12.6. The van der Waals surface area contributed by atoms with Crippen LogP contribution in [0.15, 0.2) is 28.8 Å². The summed E-state index contributed by atoms with van der Waals surface area (Å²) in [5.74, 6) is 1.19. The number of aryl methyl sites for hydroxylation is 1. The van der Waals surface area contributed by atoms with Gasteiger partial charge in [-0.15, -0.1) is 0 Å². The molecule has 2 aromatic rings. The van der Waals surface area contributed by atoms with E-state index in [0.717, 1.165) is 13.1 Å². The SMILES string of the molecule is O=C(CCc1nc(CN2CCN(C(=O)c3ccc(Cl)cc3)CC2)no1)N1CCOCC1. The van der Waals surface area contributed by atoms with Gasteiger partial charge >= 0.3 is 0 Å². The zero-order valence-electron chi connectivity index (χ0n) is 17.3. The molecule has 1 aromatic carbocycles. The third-order valence-electron chi connectivity index (χ3n) is 5.54. The van der Waals surface area contributed by atoms with Crippen molar-refractivity contribution in [2.45, 2.75) is 19.4 Å². The number of ether oxygens (including phenoxy) is 1. The Hall–Kier alpha value is -2.49. The van der Waals surface area contributed by atoms with Gasteiger partial charge in [-0.1, -0.05) is 16.8 Å². The molecular weight excluding hydrogens is 422 g/mol. The van der Waals surface area contributed by atoms with Gasteiger partial charge in [-0.2, -0.15) is 4.98 Å². The lowest BCUT2D eigenvalue weighted by Gasteiger charge is -2.34. The van der Waals surface area contributed by atoms with Crippen molar-refractivity contribution in [3.05, 3.63) is 46.6 Å². The average Bonchev–Trinajstić information content (AvgIpc) is 3.26. The number of morpholine rings is 1. The van der Waals surface area contributed by atoms with Crippen LogP contribution in [0.1, 0.15) is 28.5 Å². The van der Waals surface area contributed by atoms with Crippen molar-refractivity contribution in [2.75, 3.05) is 52.5 Å². The van der Waals surface area contributed by atoms with Gasteiger partial charge < -0.3 is 19.1 Å². The minimum Gasteiger partial charge on any atom is -0.378 e. The summed E-state index contributed by atoms with van der Waals surface area (Å²) in [7, 11) is 0. The first-order valence-electron chi connectivity index (χ1n) is 10.5. The highest BCUT2D eigenvalue weighted by Crippen LogP contribution is 2.14. The molecule has 9 nitrogen and oxygen atoms in total. The molecular formula is C21H26ClN5O4. The summed E-state index contributed by atoms with van der Waals surface area (Å²) in [6.07, 6.45) is 0.791. The average molecular weight is 448 g/mol. The Morgan fingerprint density at radius 1 is 0.968 bits per heavy atom. The number of carbonyl (C=O) groups excluding carboxylic acids is 2. The van der Waals surface area contributed by atoms with Crippen LogP contribution in [0.2, 0.25) is 5.02 Å². The molecule has 3 heterocycles. The van der Waals surface area contributed by atoms with Crippen LogP contribution >= 0.6 is 11.6 Å². The van der Waals surface area contributed by atoms with Crippen molar-refractivity contribution in [1.82, 2.24) is 24.8 Å². The van der Waals surface area contributed by atoms with Gasteiger partial charge in [-0.05, 0) is 24.3 Å². The monoisotopic (exact) mass is 447 g/mol. The summed E-state index contributed by atoms with van der Waals surface area (Å²) < 4.78 is 10.6. The van der Waals surface area contributed by atoms with Crippen LogP contribution in [0.3, 0.4) is 0 Å². The summed E-state index contributed by atoms with van der Waals surface area (Å²) in [6, 6.07) is 6.96. The number of nitrogens with zero attached hydrogens (tertiary/aromatic N) is 5. The van der Waals surface area contributed by atoms with E-state index < -0.39 is 0 Å². The molecule has 0 saturated carbocycles. The number of carbonyl (C=O) groups is 2. The molecule has 2 aliphatic heterocycles. The van der Waals surface area contributed by atoms with Crippen molar-refractivity contribution < 1.29 is 18.8 Å². The summed E-state index contributed by atoms with van der Waals surface area (Å²) >= 11 is 5.90. The molecule has 0 radical (unpaired) electrons. The Balaban J connectivity index is 1.21. The van der Waals surface area contributed by atoms with Crippen LogP contribution in [0.25, 0.3) is 0 Å². The summed E-state index contributed by atoms with van der Waals surface area (Å²) in [6.45, 7) is 5.77. The molecule has 166 valence electrons. The van der Waals surface area contributed by atoms with Crippen LogP contribution in [0, 0.1) is 0 Å². The zero-order chi connectivity index (χ0) is 21.6. The van der Waals surface area contributed by atoms with Crippen molar-refractivity contribution in [2.24, 2.45) is 0 Å². The van der Waals surface area contributed by atoms with E-state index in [4.69, 9.17) is 20.9 Å². The van der Waals surface area contributed by atoms with Crippen LogP contribution in [-0.4, -0.2) is 89.1 Å². The molecule has 4 rings (SSSR count). The second-order valence-electron chi connectivity index (χ2n) is 7.67. The minimum atomic E-state index is 0.0168. The largest absolute Gasteiger partial charge is 0.378 e. The minimum absolute atomic E-state index is 0.0168. The Kier molecular flexibility index (Phi) is 7.16. The molecule has 2 aliphatic rings. The lowest BCUT2D eigenvalue weighted by Crippen LogP contribution is -2.48. The third-order valence-corrected chi connectivity index (χ3v) is 5.79. The molecule has 1 aromatic heterocycles. The van der Waals surface area contributed by atoms with Crippen LogP contribution in [0.5, 0.6) is 0 Å². The van der Waals surface area contributed by atoms with E-state index >= 15 is 0 Å². The van der Waals surface area contributed by atoms with Gasteiger partial charge in [-0.3, -0.25) is 14.5 Å². The Morgan fingerprint density at radius 2 is 1.68 bits per heavy atom. The fourth-order valence-electron chi connectivity index (χ4n) is 3.72. The van der Waals surface area contributed by atoms with Gasteiger partial charge in [0.25, 0.3) is 5.91 Å². The maximum absolute atomic E-state index is 12.6. The number of halogens is 1. The fourth-order valence-corrected chi connectivity index (χ4v) is 3.85. The highest BCUT2D eigenvalue weighted by molar-refractivity contribution is 6.30. The molecule has 0 aliphatic carbocycles. The topological polar surface area (TPSA) is 92.0 Å². The van der Waals surface area contributed by atoms with Crippen LogP contribution in [0.4, 0.5) is 0 Å². The second kappa shape index (κ2) is 10.2. The molecule has 0 N–H and O–H groups in total. The van der Waals surface area contributed by atoms with Crippen molar-refractivity contribution in [3.63, 3.8) is 0 Å². The van der Waals surface area contributed by atoms with E-state index in [1.807, 2.05) is 9.80 Å². The molecule has 31 heavy (non-hydrogen) atoms. The molecule has 0 spiro atoms. The normalized spacial score (nSPS) is 17.7. The lowest BCUT2D eigenvalue weighted by atomic mass is 10.2. The summed E-state index contributed by atoms with van der Waals surface area (Å²) in [5.41, 5.74) is 0.646. The van der Waals surface area contributed by atoms with Crippen LogP contribution in [-0.2, 0) is 22.5 Å². The highest BCUT2D eigenvalue weighted by atomic mass is 35.5. The molecule has 0 atom stereocenters. The lowest BCUT2D eigenvalue weighted by molar-refractivity contribution is -0.135. The van der Waals surface area contributed by atoms with E-state index in [1.54, 1.807) is 24.3 Å². The predicted octanol–water partition coefficient (Wildman–Crippen LogP) is 1.47. The Bertz CT molecular complexity index is 889. The van der Waals surface area contributed by atoms with Crippen LogP contribution < -0.4 is 0 Å². The standard InChI is InChI=1S/C21H26ClN5O4/c22-17-3-1-16(2-4-17)21(29)27-9-7-25(8-10-27)15-18-23-19(31-24-18)5-6-20(28)26-11-13-30-14-12-26/h1-4H,5-15H2. The number of benzene rings is 1. The van der Waals surface area contributed by atoms with Gasteiger partial charge in [0.2, 0.25) is 11.8 Å². The van der Waals surface area contributed by atoms with Gasteiger partial charge in [0.1, 0.15) is 0 Å². The third kappa shape index (κ3) is 5.81. The van der Waals surface area contributed by atoms with Gasteiger partial charge in [0.05, 0.1) is 19.8 Å². The van der Waals surface area contributed by atoms with E-state index in [-0.39, 0.29) is 11.8 Å². The fraction of sp³-hybridized carbons (Fsp3) is 0.524. The summed E-state index contributed by atoms with van der Waals surface area (Å²) in [4.78, 5) is 35.1. The number of hydrogen-bond acceptors (Lipinski definition) is 7. The number of hydrogen-bond donors (Lipinski definition) is 0. The second-order valence-corrected chi connectivity index (χ2v) is 8.11. The molecule has 10 heteroatoms. The molecule has 2 fully saturated rings. The number of amides is 2. The van der Waals surface area contributed by atoms with Crippen molar-refractivity contribution in [3.8, 4) is 0 Å². The molecule has 0 unspecified atom stereocenters. The first kappa shape index (κ1) is 21.7. The first-order valence-corrected chi connectivity index (χ1v) is 10.9. The van der Waals surface area contributed by atoms with Gasteiger partial charge in [0.15, 0.2) is 5.82 Å².